The molecular weight excluding hydrogens is 342 g/mol. The van der Waals surface area contributed by atoms with Crippen LogP contribution in [0.5, 0.6) is 0 Å². The number of halogens is 1. The van der Waals surface area contributed by atoms with Crippen molar-refractivity contribution in [3.05, 3.63) is 93.2 Å². The molecule has 2 aromatic carbocycles. The largest absolute Gasteiger partial charge is 0.248 e. The van der Waals surface area contributed by atoms with Crippen molar-refractivity contribution in [2.45, 2.75) is 5.41 Å². The zero-order valence-corrected chi connectivity index (χ0v) is 14.0. The van der Waals surface area contributed by atoms with Crippen molar-refractivity contribution in [2.24, 2.45) is 0 Å². The van der Waals surface area contributed by atoms with Crippen LogP contribution in [0.15, 0.2) is 65.5 Å². The van der Waals surface area contributed by atoms with Crippen LogP contribution in [0, 0.1) is 0 Å². The van der Waals surface area contributed by atoms with Crippen LogP contribution in [0.1, 0.15) is 22.6 Å². The van der Waals surface area contributed by atoms with Crippen molar-refractivity contribution < 1.29 is 0 Å². The molecule has 0 radical (unpaired) electrons. The summed E-state index contributed by atoms with van der Waals surface area (Å²) in [5.74, 6) is 0.530. The van der Waals surface area contributed by atoms with Gasteiger partial charge in [0.25, 0.3) is 0 Å². The summed E-state index contributed by atoms with van der Waals surface area (Å²) in [6, 6.07) is 17.7. The summed E-state index contributed by atoms with van der Waals surface area (Å²) in [5.41, 5.74) is 3.80. The second kappa shape index (κ2) is 6.14. The Bertz CT molecular complexity index is 889. The third-order valence-electron chi connectivity index (χ3n) is 3.96. The first-order chi connectivity index (χ1) is 11.8. The van der Waals surface area contributed by atoms with E-state index in [9.17, 15) is 0 Å². The van der Waals surface area contributed by atoms with E-state index in [0.717, 1.165) is 16.8 Å². The Morgan fingerprint density at radius 1 is 1.00 bits per heavy atom. The van der Waals surface area contributed by atoms with Crippen molar-refractivity contribution in [1.29, 1.82) is 0 Å². The van der Waals surface area contributed by atoms with Gasteiger partial charge in [0.1, 0.15) is 5.41 Å². The van der Waals surface area contributed by atoms with Crippen LogP contribution in [0.2, 0.25) is 5.02 Å². The fourth-order valence-electron chi connectivity index (χ4n) is 2.96. The van der Waals surface area contributed by atoms with Crippen molar-refractivity contribution >= 4 is 22.9 Å². The number of nitrogens with zero attached hydrogens (tertiary/aromatic N) is 4. The van der Waals surface area contributed by atoms with E-state index in [4.69, 9.17) is 11.6 Å². The van der Waals surface area contributed by atoms with Gasteiger partial charge >= 0.3 is 0 Å². The molecule has 0 saturated carbocycles. The number of benzene rings is 2. The minimum atomic E-state index is -0.779. The Kier molecular flexibility index (Phi) is 3.84. The number of aromatic nitrogens is 5. The SMILES string of the molecule is Clc1cccc(C(c2ccccc2)(c2cscn2)c2nn[nH]n2)c1. The Balaban J connectivity index is 2.12. The highest BCUT2D eigenvalue weighted by Gasteiger charge is 2.44. The van der Waals surface area contributed by atoms with Crippen LogP contribution in [-0.4, -0.2) is 25.6 Å². The van der Waals surface area contributed by atoms with E-state index in [-0.39, 0.29) is 0 Å². The fraction of sp³-hybridized carbons (Fsp3) is 0.0588. The monoisotopic (exact) mass is 353 g/mol. The summed E-state index contributed by atoms with van der Waals surface area (Å²) in [6.07, 6.45) is 0. The molecule has 24 heavy (non-hydrogen) atoms. The average molecular weight is 354 g/mol. The highest BCUT2D eigenvalue weighted by Crippen LogP contribution is 2.43. The number of aromatic amines is 1. The van der Waals surface area contributed by atoms with Gasteiger partial charge in [-0.2, -0.15) is 5.21 Å². The minimum absolute atomic E-state index is 0.530. The van der Waals surface area contributed by atoms with Crippen LogP contribution in [-0.2, 0) is 5.41 Å². The van der Waals surface area contributed by atoms with Gasteiger partial charge in [-0.3, -0.25) is 0 Å². The summed E-state index contributed by atoms with van der Waals surface area (Å²) in [6.45, 7) is 0. The van der Waals surface area contributed by atoms with Gasteiger partial charge in [-0.1, -0.05) is 59.3 Å². The molecule has 0 saturated heterocycles. The number of hydrogen-bond donors (Lipinski definition) is 1. The second-order valence-electron chi connectivity index (χ2n) is 5.24. The molecule has 0 amide bonds. The van der Waals surface area contributed by atoms with Crippen LogP contribution in [0.25, 0.3) is 0 Å². The fourth-order valence-corrected chi connectivity index (χ4v) is 3.76. The number of hydrogen-bond acceptors (Lipinski definition) is 5. The van der Waals surface area contributed by atoms with Gasteiger partial charge in [0.15, 0.2) is 5.82 Å². The molecule has 4 rings (SSSR count). The first-order valence-electron chi connectivity index (χ1n) is 7.26. The lowest BCUT2D eigenvalue weighted by atomic mass is 9.71. The number of H-pyrrole nitrogens is 1. The van der Waals surface area contributed by atoms with E-state index in [2.05, 4.69) is 25.6 Å². The van der Waals surface area contributed by atoms with E-state index < -0.39 is 5.41 Å². The molecular formula is C17H12ClN5S. The molecule has 118 valence electrons. The average Bonchev–Trinajstić information content (AvgIpc) is 3.31. The summed E-state index contributed by atoms with van der Waals surface area (Å²) in [7, 11) is 0. The van der Waals surface area contributed by atoms with E-state index in [0.29, 0.717) is 10.8 Å². The smallest absolute Gasteiger partial charge is 0.195 e. The predicted octanol–water partition coefficient (Wildman–Crippen LogP) is 3.69. The number of rotatable bonds is 4. The van der Waals surface area contributed by atoms with Crippen molar-refractivity contribution in [1.82, 2.24) is 25.6 Å². The molecule has 0 spiro atoms. The maximum atomic E-state index is 6.28. The first-order valence-corrected chi connectivity index (χ1v) is 8.58. The third-order valence-corrected chi connectivity index (χ3v) is 4.78. The summed E-state index contributed by atoms with van der Waals surface area (Å²) in [4.78, 5) is 4.58. The Morgan fingerprint density at radius 3 is 2.50 bits per heavy atom. The lowest BCUT2D eigenvalue weighted by molar-refractivity contribution is 0.663. The molecule has 2 heterocycles. The molecule has 7 heteroatoms. The van der Waals surface area contributed by atoms with Crippen molar-refractivity contribution in [3.8, 4) is 0 Å². The highest BCUT2D eigenvalue weighted by atomic mass is 35.5. The number of nitrogens with one attached hydrogen (secondary N) is 1. The maximum absolute atomic E-state index is 6.28. The highest BCUT2D eigenvalue weighted by molar-refractivity contribution is 7.07. The standard InChI is InChI=1S/C17H12ClN5S/c18-14-8-4-7-13(9-14)17(15-10-24-11-19-15,16-20-22-23-21-16)12-5-2-1-3-6-12/h1-11H,(H,20,21,22,23). The molecule has 0 aliphatic carbocycles. The van der Waals surface area contributed by atoms with E-state index in [1.54, 1.807) is 5.51 Å². The second-order valence-corrected chi connectivity index (χ2v) is 6.39. The Morgan fingerprint density at radius 2 is 1.83 bits per heavy atom. The van der Waals surface area contributed by atoms with Crippen LogP contribution < -0.4 is 0 Å². The molecule has 0 aliphatic rings. The number of tetrazole rings is 1. The molecule has 4 aromatic rings. The molecule has 0 fully saturated rings. The van der Waals surface area contributed by atoms with Gasteiger partial charge in [0.2, 0.25) is 0 Å². The van der Waals surface area contributed by atoms with E-state index in [1.807, 2.05) is 60.0 Å². The summed E-state index contributed by atoms with van der Waals surface area (Å²) >= 11 is 7.81. The normalized spacial score (nSPS) is 13.5. The lowest BCUT2D eigenvalue weighted by Gasteiger charge is -2.30. The molecule has 1 unspecified atom stereocenters. The van der Waals surface area contributed by atoms with Crippen LogP contribution in [0.3, 0.4) is 0 Å². The van der Waals surface area contributed by atoms with Gasteiger partial charge in [-0.15, -0.1) is 21.5 Å². The number of thiazole rings is 1. The zero-order valence-electron chi connectivity index (χ0n) is 12.4. The molecule has 1 atom stereocenters. The van der Waals surface area contributed by atoms with Gasteiger partial charge in [-0.25, -0.2) is 4.98 Å². The quantitative estimate of drug-likeness (QED) is 0.607. The summed E-state index contributed by atoms with van der Waals surface area (Å²) < 4.78 is 0. The molecule has 5 nitrogen and oxygen atoms in total. The molecule has 1 N–H and O–H groups in total. The van der Waals surface area contributed by atoms with Gasteiger partial charge in [0, 0.05) is 10.4 Å². The van der Waals surface area contributed by atoms with Gasteiger partial charge in [-0.05, 0) is 23.3 Å². The van der Waals surface area contributed by atoms with Crippen molar-refractivity contribution in [2.75, 3.05) is 0 Å². The Hall–Kier alpha value is -2.57. The maximum Gasteiger partial charge on any atom is 0.195 e. The Labute approximate surface area is 147 Å². The lowest BCUT2D eigenvalue weighted by Crippen LogP contribution is -2.32. The zero-order chi connectivity index (χ0) is 16.4. The molecule has 0 aliphatic heterocycles. The van der Waals surface area contributed by atoms with Crippen molar-refractivity contribution in [3.63, 3.8) is 0 Å². The van der Waals surface area contributed by atoms with Crippen LogP contribution >= 0.6 is 22.9 Å². The van der Waals surface area contributed by atoms with E-state index in [1.165, 1.54) is 11.3 Å². The summed E-state index contributed by atoms with van der Waals surface area (Å²) in [5, 5.41) is 17.6. The topological polar surface area (TPSA) is 67.3 Å². The predicted molar refractivity (Wildman–Crippen MR) is 93.2 cm³/mol. The van der Waals surface area contributed by atoms with Crippen LogP contribution in [0.4, 0.5) is 0 Å². The van der Waals surface area contributed by atoms with Gasteiger partial charge in [0.05, 0.1) is 11.2 Å². The molecule has 2 aromatic heterocycles. The first kappa shape index (κ1) is 15.0. The third kappa shape index (κ3) is 2.31. The van der Waals surface area contributed by atoms with E-state index >= 15 is 0 Å². The van der Waals surface area contributed by atoms with Gasteiger partial charge < -0.3 is 0 Å². The minimum Gasteiger partial charge on any atom is -0.248 e. The molecule has 0 bridgehead atoms.